The summed E-state index contributed by atoms with van der Waals surface area (Å²) < 4.78 is 0. The van der Waals surface area contributed by atoms with Gasteiger partial charge in [0.1, 0.15) is 5.75 Å². The average molecular weight is 219 g/mol. The summed E-state index contributed by atoms with van der Waals surface area (Å²) in [6.07, 6.45) is 0.744. The lowest BCUT2D eigenvalue weighted by Crippen LogP contribution is -1.88. The molecule has 0 spiro atoms. The monoisotopic (exact) mass is 218 g/mol. The summed E-state index contributed by atoms with van der Waals surface area (Å²) in [6.45, 7) is 0. The lowest BCUT2D eigenvalue weighted by atomic mass is 10.0. The van der Waals surface area contributed by atoms with E-state index < -0.39 is 0 Å². The number of aromatic hydroxyl groups is 1. The van der Waals surface area contributed by atoms with E-state index in [1.165, 1.54) is 5.56 Å². The maximum Gasteiger partial charge on any atom is 0.115 e. The van der Waals surface area contributed by atoms with Crippen LogP contribution in [-0.4, -0.2) is 5.11 Å². The van der Waals surface area contributed by atoms with Crippen molar-refractivity contribution < 1.29 is 5.11 Å². The van der Waals surface area contributed by atoms with Gasteiger partial charge in [-0.15, -0.1) is 0 Å². The number of hydrogen-bond acceptors (Lipinski definition) is 1. The molecule has 0 aliphatic rings. The largest absolute Gasteiger partial charge is 0.508 e. The molecule has 1 N–H and O–H groups in total. The van der Waals surface area contributed by atoms with Crippen molar-refractivity contribution in [1.29, 1.82) is 0 Å². The van der Waals surface area contributed by atoms with Gasteiger partial charge in [-0.25, -0.2) is 0 Å². The highest BCUT2D eigenvalue weighted by Crippen LogP contribution is 2.23. The van der Waals surface area contributed by atoms with E-state index in [1.54, 1.807) is 18.2 Å². The Labute approximate surface area is 94.0 Å². The summed E-state index contributed by atoms with van der Waals surface area (Å²) in [5.41, 5.74) is 2.13. The van der Waals surface area contributed by atoms with E-state index in [0.29, 0.717) is 5.02 Å². The number of phenolic OH excluding ortho intramolecular Hbond substituents is 1. The second-order valence-electron chi connectivity index (χ2n) is 3.44. The molecule has 0 heterocycles. The summed E-state index contributed by atoms with van der Waals surface area (Å²) in [7, 11) is 0. The molecule has 0 amide bonds. The van der Waals surface area contributed by atoms with Crippen LogP contribution in [0.5, 0.6) is 5.75 Å². The average Bonchev–Trinajstić information content (AvgIpc) is 2.25. The van der Waals surface area contributed by atoms with E-state index in [2.05, 4.69) is 0 Å². The summed E-state index contributed by atoms with van der Waals surface area (Å²) in [6, 6.07) is 15.1. The zero-order valence-corrected chi connectivity index (χ0v) is 8.91. The van der Waals surface area contributed by atoms with Gasteiger partial charge in [0.05, 0.1) is 0 Å². The standard InChI is InChI=1S/C13H11ClO/c14-13-7-6-12(15)9-11(13)8-10-4-2-1-3-5-10/h1-7,9,15H,8H2. The number of halogens is 1. The molecule has 0 fully saturated rings. The van der Waals surface area contributed by atoms with Crippen molar-refractivity contribution in [2.45, 2.75) is 6.42 Å². The Morgan fingerprint density at radius 3 is 2.47 bits per heavy atom. The van der Waals surface area contributed by atoms with Crippen LogP contribution in [0.2, 0.25) is 5.02 Å². The van der Waals surface area contributed by atoms with Crippen molar-refractivity contribution in [3.63, 3.8) is 0 Å². The third kappa shape index (κ3) is 2.51. The third-order valence-electron chi connectivity index (χ3n) is 2.27. The first-order valence-corrected chi connectivity index (χ1v) is 5.15. The van der Waals surface area contributed by atoms with Crippen molar-refractivity contribution in [1.82, 2.24) is 0 Å². The van der Waals surface area contributed by atoms with Crippen molar-refractivity contribution >= 4 is 11.6 Å². The molecule has 15 heavy (non-hydrogen) atoms. The zero-order valence-electron chi connectivity index (χ0n) is 8.15. The SMILES string of the molecule is Oc1ccc(Cl)c(Cc2ccccc2)c1. The van der Waals surface area contributed by atoms with Crippen molar-refractivity contribution in [2.24, 2.45) is 0 Å². The van der Waals surface area contributed by atoms with Crippen LogP contribution < -0.4 is 0 Å². The lowest BCUT2D eigenvalue weighted by molar-refractivity contribution is 0.474. The Kier molecular flexibility index (Phi) is 2.93. The Bertz CT molecular complexity index is 451. The van der Waals surface area contributed by atoms with Crippen LogP contribution >= 0.6 is 11.6 Å². The zero-order chi connectivity index (χ0) is 10.7. The highest BCUT2D eigenvalue weighted by atomic mass is 35.5. The predicted molar refractivity (Wildman–Crippen MR) is 62.4 cm³/mol. The molecule has 0 unspecified atom stereocenters. The molecular weight excluding hydrogens is 208 g/mol. The lowest BCUT2D eigenvalue weighted by Gasteiger charge is -2.04. The second-order valence-corrected chi connectivity index (χ2v) is 3.85. The molecule has 2 rings (SSSR count). The first kappa shape index (κ1) is 10.1. The van der Waals surface area contributed by atoms with Gasteiger partial charge in [-0.1, -0.05) is 41.9 Å². The van der Waals surface area contributed by atoms with Gasteiger partial charge in [0.15, 0.2) is 0 Å². The summed E-state index contributed by atoms with van der Waals surface area (Å²) in [4.78, 5) is 0. The molecule has 0 aliphatic heterocycles. The van der Waals surface area contributed by atoms with Gasteiger partial charge in [0.25, 0.3) is 0 Å². The van der Waals surface area contributed by atoms with Crippen LogP contribution in [0.1, 0.15) is 11.1 Å². The van der Waals surface area contributed by atoms with E-state index in [1.807, 2.05) is 30.3 Å². The Morgan fingerprint density at radius 2 is 1.73 bits per heavy atom. The minimum Gasteiger partial charge on any atom is -0.508 e. The van der Waals surface area contributed by atoms with Crippen LogP contribution in [0, 0.1) is 0 Å². The van der Waals surface area contributed by atoms with Gasteiger partial charge in [0, 0.05) is 5.02 Å². The quantitative estimate of drug-likeness (QED) is 0.816. The van der Waals surface area contributed by atoms with Gasteiger partial charge < -0.3 is 5.11 Å². The Hall–Kier alpha value is -1.47. The highest BCUT2D eigenvalue weighted by Gasteiger charge is 2.02. The molecule has 0 saturated carbocycles. The molecule has 0 aromatic heterocycles. The molecule has 0 saturated heterocycles. The number of phenols is 1. The first-order valence-electron chi connectivity index (χ1n) is 4.77. The van der Waals surface area contributed by atoms with E-state index >= 15 is 0 Å². The van der Waals surface area contributed by atoms with Crippen LogP contribution in [0.25, 0.3) is 0 Å². The molecule has 2 aromatic carbocycles. The number of rotatable bonds is 2. The van der Waals surface area contributed by atoms with Gasteiger partial charge in [0.2, 0.25) is 0 Å². The van der Waals surface area contributed by atoms with E-state index in [-0.39, 0.29) is 5.75 Å². The molecule has 2 heteroatoms. The smallest absolute Gasteiger partial charge is 0.115 e. The fourth-order valence-corrected chi connectivity index (χ4v) is 1.70. The van der Waals surface area contributed by atoms with Crippen LogP contribution in [-0.2, 0) is 6.42 Å². The Balaban J connectivity index is 2.28. The first-order chi connectivity index (χ1) is 7.25. The maximum absolute atomic E-state index is 9.36. The van der Waals surface area contributed by atoms with Crippen LogP contribution in [0.15, 0.2) is 48.5 Å². The van der Waals surface area contributed by atoms with E-state index in [4.69, 9.17) is 11.6 Å². The molecule has 76 valence electrons. The van der Waals surface area contributed by atoms with Crippen molar-refractivity contribution in [2.75, 3.05) is 0 Å². The van der Waals surface area contributed by atoms with E-state index in [0.717, 1.165) is 12.0 Å². The van der Waals surface area contributed by atoms with Gasteiger partial charge in [-0.3, -0.25) is 0 Å². The molecule has 0 radical (unpaired) electrons. The number of benzene rings is 2. The minimum absolute atomic E-state index is 0.255. The van der Waals surface area contributed by atoms with Crippen LogP contribution in [0.3, 0.4) is 0 Å². The van der Waals surface area contributed by atoms with Crippen LogP contribution in [0.4, 0.5) is 0 Å². The molecule has 0 atom stereocenters. The maximum atomic E-state index is 9.36. The van der Waals surface area contributed by atoms with Crippen molar-refractivity contribution in [3.8, 4) is 5.75 Å². The van der Waals surface area contributed by atoms with Gasteiger partial charge >= 0.3 is 0 Å². The van der Waals surface area contributed by atoms with Gasteiger partial charge in [-0.2, -0.15) is 0 Å². The fraction of sp³-hybridized carbons (Fsp3) is 0.0769. The summed E-state index contributed by atoms with van der Waals surface area (Å²) in [5.74, 6) is 0.255. The fourth-order valence-electron chi connectivity index (χ4n) is 1.51. The molecule has 0 bridgehead atoms. The third-order valence-corrected chi connectivity index (χ3v) is 2.64. The predicted octanol–water partition coefficient (Wildman–Crippen LogP) is 3.64. The van der Waals surface area contributed by atoms with Gasteiger partial charge in [-0.05, 0) is 35.7 Å². The highest BCUT2D eigenvalue weighted by molar-refractivity contribution is 6.31. The van der Waals surface area contributed by atoms with E-state index in [9.17, 15) is 5.11 Å². The normalized spacial score (nSPS) is 10.2. The topological polar surface area (TPSA) is 20.2 Å². The molecule has 1 nitrogen and oxygen atoms in total. The molecular formula is C13H11ClO. The summed E-state index contributed by atoms with van der Waals surface area (Å²) in [5, 5.41) is 10.0. The Morgan fingerprint density at radius 1 is 1.00 bits per heavy atom. The molecule has 2 aromatic rings. The summed E-state index contributed by atoms with van der Waals surface area (Å²) >= 11 is 6.04. The van der Waals surface area contributed by atoms with Crippen molar-refractivity contribution in [3.05, 3.63) is 64.7 Å². The minimum atomic E-state index is 0.255. The molecule has 0 aliphatic carbocycles. The second kappa shape index (κ2) is 4.37. The number of hydrogen-bond donors (Lipinski definition) is 1.